The van der Waals surface area contributed by atoms with Crippen LogP contribution in [-0.4, -0.2) is 34.6 Å². The molecule has 0 atom stereocenters. The van der Waals surface area contributed by atoms with Gasteiger partial charge in [-0.25, -0.2) is 21.9 Å². The fourth-order valence-electron chi connectivity index (χ4n) is 1.57. The fraction of sp³-hybridized carbons (Fsp3) is 0.500. The molecule has 1 aromatic carbocycles. The minimum absolute atomic E-state index is 0.0426. The number of rotatable bonds is 8. The molecule has 114 valence electrons. The molecule has 0 saturated heterocycles. The number of nitrogens with two attached hydrogens (primary N) is 1. The van der Waals surface area contributed by atoms with Gasteiger partial charge >= 0.3 is 0 Å². The molecule has 5 nitrogen and oxygen atoms in total. The van der Waals surface area contributed by atoms with Crippen LogP contribution >= 0.6 is 0 Å². The Morgan fingerprint density at radius 1 is 1.40 bits per heavy atom. The van der Waals surface area contributed by atoms with Crippen LogP contribution in [0.3, 0.4) is 0 Å². The zero-order valence-corrected chi connectivity index (χ0v) is 11.9. The van der Waals surface area contributed by atoms with E-state index < -0.39 is 23.1 Å². The van der Waals surface area contributed by atoms with Gasteiger partial charge < -0.3 is 10.5 Å². The van der Waals surface area contributed by atoms with Crippen molar-refractivity contribution in [3.8, 4) is 0 Å². The first kappa shape index (κ1) is 16.8. The normalized spacial score (nSPS) is 12.0. The second kappa shape index (κ2) is 7.51. The van der Waals surface area contributed by atoms with E-state index in [1.54, 1.807) is 6.07 Å². The van der Waals surface area contributed by atoms with Gasteiger partial charge in [0.1, 0.15) is 6.61 Å². The molecule has 0 fully saturated rings. The van der Waals surface area contributed by atoms with E-state index in [1.807, 2.05) is 6.92 Å². The smallest absolute Gasteiger partial charge is 0.261 e. The number of hydrogen-bond donors (Lipinski definition) is 2. The zero-order valence-electron chi connectivity index (χ0n) is 11.1. The molecule has 0 aliphatic carbocycles. The standard InChI is InChI=1S/C12H18F2N2O3S/c1-2-9-3-4-10(7-11(9)15)20(17,18)16-5-6-19-8-12(13)14/h3-4,7,12,16H,2,5-6,8,15H2,1H3. The zero-order chi connectivity index (χ0) is 15.2. The van der Waals surface area contributed by atoms with Crippen molar-refractivity contribution in [2.45, 2.75) is 24.7 Å². The molecular formula is C12H18F2N2O3S. The topological polar surface area (TPSA) is 81.4 Å². The van der Waals surface area contributed by atoms with Crippen molar-refractivity contribution in [3.63, 3.8) is 0 Å². The molecular weight excluding hydrogens is 290 g/mol. The summed E-state index contributed by atoms with van der Waals surface area (Å²) >= 11 is 0. The minimum Gasteiger partial charge on any atom is -0.398 e. The van der Waals surface area contributed by atoms with Gasteiger partial charge in [-0.05, 0) is 24.1 Å². The van der Waals surface area contributed by atoms with Gasteiger partial charge in [-0.3, -0.25) is 0 Å². The summed E-state index contributed by atoms with van der Waals surface area (Å²) in [7, 11) is -3.71. The first-order valence-corrected chi connectivity index (χ1v) is 7.59. The van der Waals surface area contributed by atoms with Gasteiger partial charge in [-0.2, -0.15) is 0 Å². The number of alkyl halides is 2. The molecule has 8 heteroatoms. The molecule has 0 aliphatic heterocycles. The van der Waals surface area contributed by atoms with E-state index >= 15 is 0 Å². The number of anilines is 1. The Morgan fingerprint density at radius 3 is 2.65 bits per heavy atom. The fourth-order valence-corrected chi connectivity index (χ4v) is 2.61. The lowest BCUT2D eigenvalue weighted by Crippen LogP contribution is -2.28. The number of ether oxygens (including phenoxy) is 1. The average Bonchev–Trinajstić information content (AvgIpc) is 2.37. The molecule has 1 aromatic rings. The molecule has 0 radical (unpaired) electrons. The molecule has 0 amide bonds. The highest BCUT2D eigenvalue weighted by Gasteiger charge is 2.14. The SMILES string of the molecule is CCc1ccc(S(=O)(=O)NCCOCC(F)F)cc1N. The summed E-state index contributed by atoms with van der Waals surface area (Å²) in [6, 6.07) is 4.48. The van der Waals surface area contributed by atoms with Gasteiger partial charge in [0, 0.05) is 12.2 Å². The van der Waals surface area contributed by atoms with Crippen molar-refractivity contribution >= 4 is 15.7 Å². The third-order valence-corrected chi connectivity index (χ3v) is 4.05. The molecule has 0 unspecified atom stereocenters. The van der Waals surface area contributed by atoms with Crippen LogP contribution < -0.4 is 10.5 Å². The predicted octanol–water partition coefficient (Wildman–Crippen LogP) is 1.39. The Kier molecular flexibility index (Phi) is 6.31. The molecule has 3 N–H and O–H groups in total. The van der Waals surface area contributed by atoms with Crippen LogP contribution in [0.2, 0.25) is 0 Å². The molecule has 20 heavy (non-hydrogen) atoms. The number of halogens is 2. The van der Waals surface area contributed by atoms with Crippen molar-refractivity contribution < 1.29 is 21.9 Å². The van der Waals surface area contributed by atoms with E-state index in [1.165, 1.54) is 12.1 Å². The first-order valence-electron chi connectivity index (χ1n) is 6.10. The molecule has 0 bridgehead atoms. The number of nitrogens with one attached hydrogen (secondary N) is 1. The monoisotopic (exact) mass is 308 g/mol. The van der Waals surface area contributed by atoms with E-state index in [2.05, 4.69) is 9.46 Å². The lowest BCUT2D eigenvalue weighted by molar-refractivity contribution is 0.0199. The van der Waals surface area contributed by atoms with Crippen molar-refractivity contribution in [2.75, 3.05) is 25.5 Å². The maximum absolute atomic E-state index is 11.9. The number of sulfonamides is 1. The molecule has 0 spiro atoms. The summed E-state index contributed by atoms with van der Waals surface area (Å²) in [5.74, 6) is 0. The molecule has 1 rings (SSSR count). The van der Waals surface area contributed by atoms with Gasteiger partial charge in [0.15, 0.2) is 0 Å². The number of aryl methyl sites for hydroxylation is 1. The van der Waals surface area contributed by atoms with Crippen LogP contribution in [0.25, 0.3) is 0 Å². The maximum Gasteiger partial charge on any atom is 0.261 e. The Morgan fingerprint density at radius 2 is 2.10 bits per heavy atom. The Labute approximate surface area is 117 Å². The van der Waals surface area contributed by atoms with E-state index in [-0.39, 0.29) is 18.0 Å². The van der Waals surface area contributed by atoms with Gasteiger partial charge in [0.25, 0.3) is 6.43 Å². The van der Waals surface area contributed by atoms with Crippen LogP contribution in [0, 0.1) is 0 Å². The Bertz CT molecular complexity index is 536. The third kappa shape index (κ3) is 5.03. The number of benzene rings is 1. The summed E-state index contributed by atoms with van der Waals surface area (Å²) < 4.78 is 54.3. The number of hydrogen-bond acceptors (Lipinski definition) is 4. The minimum atomic E-state index is -3.71. The molecule has 0 heterocycles. The molecule has 0 aliphatic rings. The average molecular weight is 308 g/mol. The molecule has 0 aromatic heterocycles. The van der Waals surface area contributed by atoms with Crippen LogP contribution in [0.5, 0.6) is 0 Å². The van der Waals surface area contributed by atoms with E-state index in [0.29, 0.717) is 12.1 Å². The quantitative estimate of drug-likeness (QED) is 0.562. The van der Waals surface area contributed by atoms with Crippen molar-refractivity contribution in [2.24, 2.45) is 0 Å². The second-order valence-electron chi connectivity index (χ2n) is 4.08. The largest absolute Gasteiger partial charge is 0.398 e. The van der Waals surface area contributed by atoms with Crippen molar-refractivity contribution in [1.29, 1.82) is 0 Å². The lowest BCUT2D eigenvalue weighted by atomic mass is 10.1. The highest BCUT2D eigenvalue weighted by Crippen LogP contribution is 2.18. The predicted molar refractivity (Wildman–Crippen MR) is 72.2 cm³/mol. The van der Waals surface area contributed by atoms with E-state index in [9.17, 15) is 17.2 Å². The summed E-state index contributed by atoms with van der Waals surface area (Å²) in [4.78, 5) is 0.0426. The van der Waals surface area contributed by atoms with Crippen LogP contribution in [0.1, 0.15) is 12.5 Å². The molecule has 0 saturated carbocycles. The third-order valence-electron chi connectivity index (χ3n) is 2.59. The summed E-state index contributed by atoms with van der Waals surface area (Å²) in [5, 5.41) is 0. The lowest BCUT2D eigenvalue weighted by Gasteiger charge is -2.09. The maximum atomic E-state index is 11.9. The van der Waals surface area contributed by atoms with Crippen LogP contribution in [0.15, 0.2) is 23.1 Å². The summed E-state index contributed by atoms with van der Waals surface area (Å²) in [5.41, 5.74) is 7.01. The van der Waals surface area contributed by atoms with Crippen molar-refractivity contribution in [1.82, 2.24) is 4.72 Å². The summed E-state index contributed by atoms with van der Waals surface area (Å²) in [6.07, 6.45) is -1.85. The highest BCUT2D eigenvalue weighted by molar-refractivity contribution is 7.89. The second-order valence-corrected chi connectivity index (χ2v) is 5.84. The van der Waals surface area contributed by atoms with E-state index in [4.69, 9.17) is 5.73 Å². The van der Waals surface area contributed by atoms with Gasteiger partial charge in [0.2, 0.25) is 10.0 Å². The highest BCUT2D eigenvalue weighted by atomic mass is 32.2. The van der Waals surface area contributed by atoms with Gasteiger partial charge in [0.05, 0.1) is 11.5 Å². The van der Waals surface area contributed by atoms with Gasteiger partial charge in [-0.15, -0.1) is 0 Å². The van der Waals surface area contributed by atoms with Crippen LogP contribution in [-0.2, 0) is 21.2 Å². The number of nitrogen functional groups attached to an aromatic ring is 1. The summed E-state index contributed by atoms with van der Waals surface area (Å²) in [6.45, 7) is 1.01. The Hall–Kier alpha value is -1.25. The van der Waals surface area contributed by atoms with Gasteiger partial charge in [-0.1, -0.05) is 13.0 Å². The van der Waals surface area contributed by atoms with Crippen LogP contribution in [0.4, 0.5) is 14.5 Å². The van der Waals surface area contributed by atoms with E-state index in [0.717, 1.165) is 5.56 Å². The Balaban J connectivity index is 2.58. The van der Waals surface area contributed by atoms with Crippen molar-refractivity contribution in [3.05, 3.63) is 23.8 Å². The first-order chi connectivity index (χ1) is 9.36.